The highest BCUT2D eigenvalue weighted by Gasteiger charge is 2.27. The Morgan fingerprint density at radius 1 is 1.15 bits per heavy atom. The lowest BCUT2D eigenvalue weighted by Gasteiger charge is -2.30. The molecule has 2 aromatic carbocycles. The molecule has 2 aliphatic heterocycles. The van der Waals surface area contributed by atoms with Crippen molar-refractivity contribution in [3.8, 4) is 11.4 Å². The van der Waals surface area contributed by atoms with Gasteiger partial charge in [-0.25, -0.2) is 0 Å². The Kier molecular flexibility index (Phi) is 6.40. The number of rotatable bonds is 6. The van der Waals surface area contributed by atoms with Gasteiger partial charge in [-0.1, -0.05) is 28.9 Å². The Morgan fingerprint density at radius 3 is 2.76 bits per heavy atom. The lowest BCUT2D eigenvalue weighted by molar-refractivity contribution is -0.121. The van der Waals surface area contributed by atoms with E-state index in [1.165, 1.54) is 0 Å². The minimum Gasteiger partial charge on any atom is -0.338 e. The average molecular weight is 460 g/mol. The number of hydrogen-bond acceptors (Lipinski definition) is 6. The normalized spacial score (nSPS) is 18.9. The molecule has 1 unspecified atom stereocenters. The summed E-state index contributed by atoms with van der Waals surface area (Å²) < 4.78 is 5.48. The van der Waals surface area contributed by atoms with Gasteiger partial charge in [0.1, 0.15) is 0 Å². The number of piperidine rings is 1. The molecule has 0 saturated carbocycles. The Hall–Kier alpha value is -3.52. The summed E-state index contributed by atoms with van der Waals surface area (Å²) in [5.41, 5.74) is 3.71. The van der Waals surface area contributed by atoms with Crippen LogP contribution in [0.25, 0.3) is 11.4 Å². The van der Waals surface area contributed by atoms with Crippen LogP contribution < -0.4 is 10.2 Å². The lowest BCUT2D eigenvalue weighted by atomic mass is 9.97. The van der Waals surface area contributed by atoms with Crippen LogP contribution in [0.15, 0.2) is 53.1 Å². The van der Waals surface area contributed by atoms with Crippen molar-refractivity contribution in [2.24, 2.45) is 5.92 Å². The second-order valence-electron chi connectivity index (χ2n) is 9.14. The third kappa shape index (κ3) is 5.02. The topological polar surface area (TPSA) is 91.6 Å². The van der Waals surface area contributed by atoms with E-state index in [1.54, 1.807) is 4.90 Å². The number of nitrogens with zero attached hydrogens (tertiary/aromatic N) is 4. The van der Waals surface area contributed by atoms with Gasteiger partial charge in [-0.2, -0.15) is 4.98 Å². The van der Waals surface area contributed by atoms with Gasteiger partial charge < -0.3 is 14.7 Å². The van der Waals surface area contributed by atoms with Crippen molar-refractivity contribution in [3.05, 3.63) is 60.0 Å². The van der Waals surface area contributed by atoms with Gasteiger partial charge in [-0.15, -0.1) is 0 Å². The van der Waals surface area contributed by atoms with Gasteiger partial charge in [0, 0.05) is 36.4 Å². The molecule has 8 nitrogen and oxygen atoms in total. The maximum absolute atomic E-state index is 12.9. The summed E-state index contributed by atoms with van der Waals surface area (Å²) in [6.07, 6.45) is 3.29. The van der Waals surface area contributed by atoms with Crippen LogP contribution in [-0.4, -0.2) is 46.5 Å². The molecule has 0 radical (unpaired) electrons. The van der Waals surface area contributed by atoms with Gasteiger partial charge in [0.2, 0.25) is 23.5 Å². The minimum atomic E-state index is -0.104. The van der Waals surface area contributed by atoms with Crippen molar-refractivity contribution >= 4 is 23.2 Å². The molecule has 2 saturated heterocycles. The second kappa shape index (κ2) is 9.77. The summed E-state index contributed by atoms with van der Waals surface area (Å²) in [7, 11) is 0. The zero-order valence-corrected chi connectivity index (χ0v) is 19.4. The zero-order valence-electron chi connectivity index (χ0n) is 19.4. The van der Waals surface area contributed by atoms with Crippen LogP contribution in [-0.2, 0) is 16.1 Å². The number of nitrogens with one attached hydrogen (secondary N) is 1. The molecule has 0 aliphatic carbocycles. The van der Waals surface area contributed by atoms with Gasteiger partial charge in [-0.3, -0.25) is 14.5 Å². The van der Waals surface area contributed by atoms with Crippen LogP contribution in [0.1, 0.15) is 37.1 Å². The second-order valence-corrected chi connectivity index (χ2v) is 9.14. The predicted octanol–water partition coefficient (Wildman–Crippen LogP) is 4.02. The van der Waals surface area contributed by atoms with Crippen LogP contribution in [0.5, 0.6) is 0 Å². The molecule has 0 spiro atoms. The number of aromatic nitrogens is 2. The van der Waals surface area contributed by atoms with Crippen molar-refractivity contribution in [1.29, 1.82) is 0 Å². The summed E-state index contributed by atoms with van der Waals surface area (Å²) in [5.74, 6) is 1.22. The van der Waals surface area contributed by atoms with Crippen molar-refractivity contribution in [2.75, 3.05) is 29.9 Å². The van der Waals surface area contributed by atoms with E-state index in [1.807, 2.05) is 55.5 Å². The Morgan fingerprint density at radius 2 is 2.00 bits per heavy atom. The number of aryl methyl sites for hydroxylation is 1. The van der Waals surface area contributed by atoms with Crippen LogP contribution >= 0.6 is 0 Å². The van der Waals surface area contributed by atoms with Crippen LogP contribution in [0.4, 0.5) is 11.4 Å². The molecule has 34 heavy (non-hydrogen) atoms. The molecule has 176 valence electrons. The quantitative estimate of drug-likeness (QED) is 0.599. The van der Waals surface area contributed by atoms with E-state index in [-0.39, 0.29) is 17.7 Å². The summed E-state index contributed by atoms with van der Waals surface area (Å²) in [6, 6.07) is 15.5. The maximum Gasteiger partial charge on any atom is 0.241 e. The first kappa shape index (κ1) is 22.3. The minimum absolute atomic E-state index is 0.0145. The monoisotopic (exact) mass is 459 g/mol. The fourth-order valence-electron chi connectivity index (χ4n) is 4.72. The van der Waals surface area contributed by atoms with E-state index in [0.29, 0.717) is 31.2 Å². The van der Waals surface area contributed by atoms with E-state index in [9.17, 15) is 9.59 Å². The molecule has 3 aromatic rings. The maximum atomic E-state index is 12.9. The van der Waals surface area contributed by atoms with Gasteiger partial charge >= 0.3 is 0 Å². The molecular weight excluding hydrogens is 430 g/mol. The molecule has 2 amide bonds. The van der Waals surface area contributed by atoms with Gasteiger partial charge in [0.05, 0.1) is 12.5 Å². The third-order valence-corrected chi connectivity index (χ3v) is 6.50. The van der Waals surface area contributed by atoms with Gasteiger partial charge in [-0.05, 0) is 63.1 Å². The van der Waals surface area contributed by atoms with E-state index in [0.717, 1.165) is 54.9 Å². The Bertz CT molecular complexity index is 1170. The predicted molar refractivity (Wildman–Crippen MR) is 129 cm³/mol. The summed E-state index contributed by atoms with van der Waals surface area (Å²) in [5, 5.41) is 7.16. The first-order valence-corrected chi connectivity index (χ1v) is 11.9. The van der Waals surface area contributed by atoms with Crippen molar-refractivity contribution in [2.45, 2.75) is 39.2 Å². The fourth-order valence-corrected chi connectivity index (χ4v) is 4.72. The van der Waals surface area contributed by atoms with E-state index >= 15 is 0 Å². The van der Waals surface area contributed by atoms with Gasteiger partial charge in [0.15, 0.2) is 0 Å². The first-order chi connectivity index (χ1) is 16.5. The molecule has 2 aliphatic rings. The number of amides is 2. The smallest absolute Gasteiger partial charge is 0.241 e. The van der Waals surface area contributed by atoms with E-state index in [2.05, 4.69) is 20.4 Å². The number of likely N-dealkylation sites (tertiary alicyclic amines) is 1. The van der Waals surface area contributed by atoms with Crippen LogP contribution in [0.3, 0.4) is 0 Å². The number of carbonyl (C=O) groups is 2. The summed E-state index contributed by atoms with van der Waals surface area (Å²) in [4.78, 5) is 33.4. The number of carbonyl (C=O) groups excluding carboxylic acids is 2. The first-order valence-electron chi connectivity index (χ1n) is 11.9. The number of hydrogen-bond donors (Lipinski definition) is 1. The highest BCUT2D eigenvalue weighted by molar-refractivity contribution is 5.96. The van der Waals surface area contributed by atoms with Crippen LogP contribution in [0, 0.1) is 12.8 Å². The largest absolute Gasteiger partial charge is 0.338 e. The lowest BCUT2D eigenvalue weighted by Crippen LogP contribution is -2.40. The summed E-state index contributed by atoms with van der Waals surface area (Å²) >= 11 is 0. The van der Waals surface area contributed by atoms with Crippen molar-refractivity contribution in [1.82, 2.24) is 15.0 Å². The Balaban J connectivity index is 1.17. The highest BCUT2D eigenvalue weighted by Crippen LogP contribution is 2.25. The van der Waals surface area contributed by atoms with Gasteiger partial charge in [0.25, 0.3) is 0 Å². The van der Waals surface area contributed by atoms with Crippen molar-refractivity contribution in [3.63, 3.8) is 0 Å². The molecule has 1 N–H and O–H groups in total. The van der Waals surface area contributed by atoms with E-state index < -0.39 is 0 Å². The van der Waals surface area contributed by atoms with E-state index in [4.69, 9.17) is 4.52 Å². The highest BCUT2D eigenvalue weighted by atomic mass is 16.5. The fraction of sp³-hybridized carbons (Fsp3) is 0.385. The average Bonchev–Trinajstić information content (AvgIpc) is 3.49. The molecule has 5 rings (SSSR count). The molecule has 3 heterocycles. The van der Waals surface area contributed by atoms with Crippen LogP contribution in [0.2, 0.25) is 0 Å². The summed E-state index contributed by atoms with van der Waals surface area (Å²) in [6.45, 7) is 4.86. The van der Waals surface area contributed by atoms with Crippen molar-refractivity contribution < 1.29 is 14.1 Å². The SMILES string of the molecule is Cc1cccc(-c2noc(CN3CCCC(C(=O)Nc4ccc(N5CCCC5=O)cc4)C3)n2)c1. The molecule has 2 fully saturated rings. The molecular formula is C26H29N5O3. The molecule has 1 aromatic heterocycles. The Labute approximate surface area is 198 Å². The molecule has 1 atom stereocenters. The molecule has 8 heteroatoms. The number of anilines is 2. The third-order valence-electron chi connectivity index (χ3n) is 6.50. The zero-order chi connectivity index (χ0) is 23.5. The molecule has 0 bridgehead atoms. The number of benzene rings is 2. The standard InChI is InChI=1S/C26H29N5O3/c1-18-5-2-6-19(15-18)25-28-23(34-29-25)17-30-13-3-7-20(16-30)26(33)27-21-9-11-22(12-10-21)31-14-4-8-24(31)32/h2,5-6,9-12,15,20H,3-4,7-8,13-14,16-17H2,1H3,(H,27,33).